The molecule has 0 fully saturated rings. The van der Waals surface area contributed by atoms with E-state index in [9.17, 15) is 13.6 Å². The number of nitrogens with one attached hydrogen (secondary N) is 1. The average Bonchev–Trinajstić information content (AvgIpc) is 2.67. The molecule has 1 N–H and O–H groups in total. The Bertz CT molecular complexity index is 1070. The van der Waals surface area contributed by atoms with Gasteiger partial charge in [0.05, 0.1) is 6.54 Å². The number of anilines is 1. The van der Waals surface area contributed by atoms with Gasteiger partial charge in [-0.05, 0) is 41.1 Å². The van der Waals surface area contributed by atoms with Crippen molar-refractivity contribution in [3.63, 3.8) is 0 Å². The minimum Gasteiger partial charge on any atom is -0.487 e. The first kappa shape index (κ1) is 19.9. The molecule has 2 heterocycles. The Hall–Kier alpha value is -2.81. The van der Waals surface area contributed by atoms with Gasteiger partial charge in [-0.15, -0.1) is 0 Å². The van der Waals surface area contributed by atoms with E-state index in [4.69, 9.17) is 4.74 Å². The fraction of sp³-hybridized carbons (Fsp3) is 0.211. The van der Waals surface area contributed by atoms with Crippen LogP contribution in [0.3, 0.4) is 0 Å². The highest BCUT2D eigenvalue weighted by molar-refractivity contribution is 9.10. The summed E-state index contributed by atoms with van der Waals surface area (Å²) in [4.78, 5) is 21.1. The SMILES string of the molecule is CNc1nc(C)ncc1Cn1ccc(OCc2ccc(F)cc2F)c(Br)c1=O. The summed E-state index contributed by atoms with van der Waals surface area (Å²) in [7, 11) is 1.75. The first-order valence-corrected chi connectivity index (χ1v) is 9.14. The first-order valence-electron chi connectivity index (χ1n) is 8.35. The van der Waals surface area contributed by atoms with Crippen LogP contribution in [0.15, 0.2) is 45.9 Å². The molecule has 146 valence electrons. The summed E-state index contributed by atoms with van der Waals surface area (Å²) in [5.41, 5.74) is 0.622. The number of halogens is 3. The van der Waals surface area contributed by atoms with Crippen molar-refractivity contribution in [2.45, 2.75) is 20.1 Å². The number of ether oxygens (including phenoxy) is 1. The third-order valence-electron chi connectivity index (χ3n) is 4.03. The van der Waals surface area contributed by atoms with Crippen LogP contribution in [0, 0.1) is 18.6 Å². The summed E-state index contributed by atoms with van der Waals surface area (Å²) in [6.07, 6.45) is 3.24. The van der Waals surface area contributed by atoms with Gasteiger partial charge in [-0.3, -0.25) is 4.79 Å². The number of aryl methyl sites for hydroxylation is 1. The number of hydrogen-bond donors (Lipinski definition) is 1. The van der Waals surface area contributed by atoms with Crippen molar-refractivity contribution in [2.75, 3.05) is 12.4 Å². The summed E-state index contributed by atoms with van der Waals surface area (Å²) in [6, 6.07) is 4.84. The summed E-state index contributed by atoms with van der Waals surface area (Å²) in [5.74, 6) is 0.162. The number of pyridine rings is 1. The van der Waals surface area contributed by atoms with Crippen molar-refractivity contribution in [2.24, 2.45) is 0 Å². The Balaban J connectivity index is 1.80. The number of hydrogen-bond acceptors (Lipinski definition) is 5. The number of rotatable bonds is 6. The monoisotopic (exact) mass is 450 g/mol. The van der Waals surface area contributed by atoms with E-state index in [1.165, 1.54) is 10.6 Å². The smallest absolute Gasteiger partial charge is 0.268 e. The van der Waals surface area contributed by atoms with E-state index < -0.39 is 11.6 Å². The molecule has 3 aromatic rings. The highest BCUT2D eigenvalue weighted by Gasteiger charge is 2.13. The van der Waals surface area contributed by atoms with Gasteiger partial charge in [0.2, 0.25) is 0 Å². The molecule has 28 heavy (non-hydrogen) atoms. The molecule has 9 heteroatoms. The van der Waals surface area contributed by atoms with Crippen LogP contribution in [0.2, 0.25) is 0 Å². The molecule has 0 amide bonds. The van der Waals surface area contributed by atoms with Gasteiger partial charge in [0.1, 0.15) is 40.1 Å². The van der Waals surface area contributed by atoms with Gasteiger partial charge < -0.3 is 14.6 Å². The summed E-state index contributed by atoms with van der Waals surface area (Å²) >= 11 is 3.24. The molecule has 0 aliphatic carbocycles. The lowest BCUT2D eigenvalue weighted by Crippen LogP contribution is -2.22. The maximum Gasteiger partial charge on any atom is 0.268 e. The maximum absolute atomic E-state index is 13.7. The lowest BCUT2D eigenvalue weighted by Gasteiger charge is -2.13. The zero-order chi connectivity index (χ0) is 20.3. The van der Waals surface area contributed by atoms with Crippen LogP contribution in [0.25, 0.3) is 0 Å². The van der Waals surface area contributed by atoms with E-state index in [1.807, 2.05) is 0 Å². The Morgan fingerprint density at radius 2 is 2.04 bits per heavy atom. The Morgan fingerprint density at radius 3 is 2.75 bits per heavy atom. The van der Waals surface area contributed by atoms with E-state index in [1.54, 1.807) is 32.4 Å². The molecule has 1 aromatic carbocycles. The molecule has 0 aliphatic rings. The molecule has 0 bridgehead atoms. The first-order chi connectivity index (χ1) is 13.4. The zero-order valence-corrected chi connectivity index (χ0v) is 16.8. The standard InChI is InChI=1S/C19H17BrF2N4O2/c1-11-24-8-13(18(23-2)25-11)9-26-6-5-16(17(20)19(26)27)28-10-12-3-4-14(21)7-15(12)22/h3-8H,9-10H2,1-2H3,(H,23,24,25). The molecule has 0 spiro atoms. The second kappa shape index (κ2) is 8.47. The fourth-order valence-corrected chi connectivity index (χ4v) is 3.05. The number of aromatic nitrogens is 3. The molecular weight excluding hydrogens is 434 g/mol. The van der Waals surface area contributed by atoms with Crippen LogP contribution < -0.4 is 15.6 Å². The van der Waals surface area contributed by atoms with Crippen molar-refractivity contribution in [1.29, 1.82) is 0 Å². The second-order valence-corrected chi connectivity index (χ2v) is 6.79. The minimum absolute atomic E-state index is 0.135. The van der Waals surface area contributed by atoms with E-state index >= 15 is 0 Å². The van der Waals surface area contributed by atoms with Gasteiger partial charge in [0.25, 0.3) is 5.56 Å². The third-order valence-corrected chi connectivity index (χ3v) is 4.76. The molecule has 3 rings (SSSR count). The van der Waals surface area contributed by atoms with Gasteiger partial charge in [-0.25, -0.2) is 18.7 Å². The van der Waals surface area contributed by atoms with Crippen LogP contribution in [0.5, 0.6) is 5.75 Å². The number of nitrogens with zero attached hydrogens (tertiary/aromatic N) is 3. The van der Waals surface area contributed by atoms with Crippen molar-refractivity contribution in [3.8, 4) is 5.75 Å². The molecule has 0 aliphatic heterocycles. The summed E-state index contributed by atoms with van der Waals surface area (Å²) in [5, 5.41) is 2.98. The van der Waals surface area contributed by atoms with Crippen molar-refractivity contribution < 1.29 is 13.5 Å². The minimum atomic E-state index is -0.705. The lowest BCUT2D eigenvalue weighted by molar-refractivity contribution is 0.296. The third kappa shape index (κ3) is 4.36. The van der Waals surface area contributed by atoms with E-state index in [-0.39, 0.29) is 34.5 Å². The molecule has 6 nitrogen and oxygen atoms in total. The largest absolute Gasteiger partial charge is 0.487 e. The predicted octanol–water partition coefficient (Wildman–Crippen LogP) is 3.66. The Morgan fingerprint density at radius 1 is 1.25 bits per heavy atom. The van der Waals surface area contributed by atoms with E-state index in [0.29, 0.717) is 11.6 Å². The molecule has 0 unspecified atom stereocenters. The van der Waals surface area contributed by atoms with Gasteiger partial charge >= 0.3 is 0 Å². The zero-order valence-electron chi connectivity index (χ0n) is 15.2. The quantitative estimate of drug-likeness (QED) is 0.620. The second-order valence-electron chi connectivity index (χ2n) is 5.99. The van der Waals surface area contributed by atoms with Crippen LogP contribution in [-0.4, -0.2) is 21.6 Å². The molecule has 2 aromatic heterocycles. The van der Waals surface area contributed by atoms with Crippen molar-refractivity contribution >= 4 is 21.7 Å². The molecule has 0 saturated carbocycles. The lowest BCUT2D eigenvalue weighted by atomic mass is 10.2. The summed E-state index contributed by atoms with van der Waals surface area (Å²) in [6.45, 7) is 1.91. The average molecular weight is 451 g/mol. The van der Waals surface area contributed by atoms with E-state index in [0.717, 1.165) is 17.7 Å². The molecular formula is C19H17BrF2N4O2. The topological polar surface area (TPSA) is 69.0 Å². The molecule has 0 radical (unpaired) electrons. The predicted molar refractivity (Wildman–Crippen MR) is 105 cm³/mol. The summed E-state index contributed by atoms with van der Waals surface area (Å²) < 4.78 is 33.9. The van der Waals surface area contributed by atoms with Gasteiger partial charge in [-0.2, -0.15) is 0 Å². The van der Waals surface area contributed by atoms with E-state index in [2.05, 4.69) is 31.2 Å². The molecule has 0 atom stereocenters. The maximum atomic E-state index is 13.7. The fourth-order valence-electron chi connectivity index (χ4n) is 2.57. The van der Waals surface area contributed by atoms with Crippen LogP contribution in [0.1, 0.15) is 17.0 Å². The Kier molecular flexibility index (Phi) is 6.03. The van der Waals surface area contributed by atoms with Crippen LogP contribution in [0.4, 0.5) is 14.6 Å². The Labute approximate surface area is 168 Å². The van der Waals surface area contributed by atoms with Crippen molar-refractivity contribution in [1.82, 2.24) is 14.5 Å². The van der Waals surface area contributed by atoms with Crippen LogP contribution >= 0.6 is 15.9 Å². The van der Waals surface area contributed by atoms with Gasteiger partial charge in [-0.1, -0.05) is 0 Å². The normalized spacial score (nSPS) is 10.8. The van der Waals surface area contributed by atoms with Gasteiger partial charge in [0, 0.05) is 36.6 Å². The van der Waals surface area contributed by atoms with Gasteiger partial charge in [0.15, 0.2) is 0 Å². The molecule has 0 saturated heterocycles. The van der Waals surface area contributed by atoms with Crippen molar-refractivity contribution in [3.05, 3.63) is 80.1 Å². The van der Waals surface area contributed by atoms with Crippen LogP contribution in [-0.2, 0) is 13.2 Å². The number of benzene rings is 1. The highest BCUT2D eigenvalue weighted by atomic mass is 79.9. The highest BCUT2D eigenvalue weighted by Crippen LogP contribution is 2.23.